The lowest BCUT2D eigenvalue weighted by atomic mass is 10.1. The first-order valence-electron chi connectivity index (χ1n) is 7.38. The fourth-order valence-electron chi connectivity index (χ4n) is 2.49. The van der Waals surface area contributed by atoms with E-state index in [9.17, 15) is 19.1 Å². The predicted octanol–water partition coefficient (Wildman–Crippen LogP) is 2.15. The minimum Gasteiger partial charge on any atom is -0.506 e. The molecule has 2 aromatic carbocycles. The molecule has 0 atom stereocenters. The van der Waals surface area contributed by atoms with Gasteiger partial charge in [0.05, 0.1) is 11.7 Å². The highest BCUT2D eigenvalue weighted by Gasteiger charge is 2.20. The quantitative estimate of drug-likeness (QED) is 0.566. The van der Waals surface area contributed by atoms with Crippen molar-refractivity contribution < 1.29 is 14.3 Å². The Kier molecular flexibility index (Phi) is 4.30. The molecular weight excluding hydrogens is 325 g/mol. The van der Waals surface area contributed by atoms with Crippen LogP contribution in [0.25, 0.3) is 10.9 Å². The van der Waals surface area contributed by atoms with E-state index in [1.54, 1.807) is 30.3 Å². The van der Waals surface area contributed by atoms with Crippen LogP contribution in [0.5, 0.6) is 5.75 Å². The molecule has 25 heavy (non-hydrogen) atoms. The first-order chi connectivity index (χ1) is 12.0. The van der Waals surface area contributed by atoms with Gasteiger partial charge in [-0.25, -0.2) is 9.82 Å². The second-order valence-electron chi connectivity index (χ2n) is 5.36. The fraction of sp³-hybridized carbons (Fsp3) is 0.0556. The number of carbonyl (C=O) groups is 1. The van der Waals surface area contributed by atoms with Crippen LogP contribution >= 0.6 is 0 Å². The fourth-order valence-corrected chi connectivity index (χ4v) is 2.49. The Labute approximate surface area is 141 Å². The van der Waals surface area contributed by atoms with Gasteiger partial charge in [-0.15, -0.1) is 0 Å². The third kappa shape index (κ3) is 3.12. The molecule has 0 fully saturated rings. The molecule has 7 heteroatoms. The van der Waals surface area contributed by atoms with E-state index in [-0.39, 0.29) is 0 Å². The van der Waals surface area contributed by atoms with E-state index < -0.39 is 28.6 Å². The van der Waals surface area contributed by atoms with Gasteiger partial charge >= 0.3 is 0 Å². The predicted molar refractivity (Wildman–Crippen MR) is 92.3 cm³/mol. The number of aryl methyl sites for hydroxylation is 1. The molecule has 0 radical (unpaired) electrons. The van der Waals surface area contributed by atoms with Crippen LogP contribution in [0.3, 0.4) is 0 Å². The second kappa shape index (κ2) is 6.56. The summed E-state index contributed by atoms with van der Waals surface area (Å²) >= 11 is 0. The average molecular weight is 339 g/mol. The average Bonchev–Trinajstić information content (AvgIpc) is 2.60. The van der Waals surface area contributed by atoms with E-state index >= 15 is 0 Å². The van der Waals surface area contributed by atoms with Gasteiger partial charge in [0.25, 0.3) is 11.5 Å². The first kappa shape index (κ1) is 16.4. The Morgan fingerprint density at radius 3 is 2.76 bits per heavy atom. The Balaban J connectivity index is 1.94. The zero-order valence-corrected chi connectivity index (χ0v) is 13.2. The van der Waals surface area contributed by atoms with E-state index in [0.717, 1.165) is 0 Å². The van der Waals surface area contributed by atoms with Crippen molar-refractivity contribution in [3.05, 3.63) is 75.8 Å². The summed E-state index contributed by atoms with van der Waals surface area (Å²) in [5.41, 5.74) is 2.07. The molecule has 0 aliphatic carbocycles. The summed E-state index contributed by atoms with van der Waals surface area (Å²) in [6.07, 6.45) is 1.24. The Morgan fingerprint density at radius 1 is 1.24 bits per heavy atom. The number of para-hydroxylation sites is 1. The molecular formula is C18H14FN3O3. The van der Waals surface area contributed by atoms with E-state index in [4.69, 9.17) is 0 Å². The molecule has 2 N–H and O–H groups in total. The number of fused-ring (bicyclic) bond motifs is 1. The summed E-state index contributed by atoms with van der Waals surface area (Å²) in [7, 11) is 1.51. The summed E-state index contributed by atoms with van der Waals surface area (Å²) in [5, 5.41) is 14.4. The monoisotopic (exact) mass is 339 g/mol. The Hall–Kier alpha value is -3.48. The maximum atomic E-state index is 13.1. The lowest BCUT2D eigenvalue weighted by Gasteiger charge is -2.10. The molecule has 3 aromatic rings. The molecule has 0 unspecified atom stereocenters. The van der Waals surface area contributed by atoms with Crippen molar-refractivity contribution in [2.24, 2.45) is 12.1 Å². The Morgan fingerprint density at radius 2 is 2.00 bits per heavy atom. The van der Waals surface area contributed by atoms with Crippen LogP contribution < -0.4 is 11.0 Å². The standard InChI is InChI=1S/C18H14FN3O3/c1-22-14-8-3-2-7-13(14)16(23)15(18(22)25)17(24)21-20-10-11-5-4-6-12(19)9-11/h2-10,23H,1H3,(H,21,24)/b20-10+. The second-order valence-corrected chi connectivity index (χ2v) is 5.36. The van der Waals surface area contributed by atoms with Crippen molar-refractivity contribution in [3.63, 3.8) is 0 Å². The lowest BCUT2D eigenvalue weighted by molar-refractivity contribution is 0.0950. The maximum absolute atomic E-state index is 13.1. The zero-order chi connectivity index (χ0) is 18.0. The van der Waals surface area contributed by atoms with Crippen molar-refractivity contribution >= 4 is 23.0 Å². The molecule has 1 aromatic heterocycles. The van der Waals surface area contributed by atoms with E-state index in [2.05, 4.69) is 10.5 Å². The molecule has 0 aliphatic heterocycles. The van der Waals surface area contributed by atoms with Crippen molar-refractivity contribution in [3.8, 4) is 5.75 Å². The maximum Gasteiger partial charge on any atom is 0.280 e. The van der Waals surface area contributed by atoms with Crippen LogP contribution in [0.4, 0.5) is 4.39 Å². The first-order valence-corrected chi connectivity index (χ1v) is 7.38. The van der Waals surface area contributed by atoms with Gasteiger partial charge < -0.3 is 9.67 Å². The summed E-state index contributed by atoms with van der Waals surface area (Å²) in [6, 6.07) is 12.3. The van der Waals surface area contributed by atoms with Crippen LogP contribution in [-0.2, 0) is 7.05 Å². The number of pyridine rings is 1. The topological polar surface area (TPSA) is 83.7 Å². The number of hydrazone groups is 1. The summed E-state index contributed by atoms with van der Waals surface area (Å²) in [5.74, 6) is -1.69. The van der Waals surface area contributed by atoms with Gasteiger partial charge in [0, 0.05) is 12.4 Å². The number of aromatic hydroxyl groups is 1. The van der Waals surface area contributed by atoms with Crippen LogP contribution in [0, 0.1) is 5.82 Å². The number of carbonyl (C=O) groups excluding carboxylic acids is 1. The number of hydrogen-bond acceptors (Lipinski definition) is 4. The lowest BCUT2D eigenvalue weighted by Crippen LogP contribution is -2.30. The number of rotatable bonds is 3. The van der Waals surface area contributed by atoms with Gasteiger partial charge in [0.1, 0.15) is 17.1 Å². The highest BCUT2D eigenvalue weighted by atomic mass is 19.1. The van der Waals surface area contributed by atoms with E-state index in [1.165, 1.54) is 36.0 Å². The van der Waals surface area contributed by atoms with E-state index in [0.29, 0.717) is 16.5 Å². The van der Waals surface area contributed by atoms with Crippen molar-refractivity contribution in [1.82, 2.24) is 9.99 Å². The van der Waals surface area contributed by atoms with Crippen molar-refractivity contribution in [2.45, 2.75) is 0 Å². The highest BCUT2D eigenvalue weighted by molar-refractivity contribution is 6.02. The molecule has 1 amide bonds. The van der Waals surface area contributed by atoms with Gasteiger partial charge in [0.2, 0.25) is 0 Å². The van der Waals surface area contributed by atoms with Crippen molar-refractivity contribution in [1.29, 1.82) is 0 Å². The molecule has 3 rings (SSSR count). The number of halogens is 1. The smallest absolute Gasteiger partial charge is 0.280 e. The molecule has 0 aliphatic rings. The molecule has 1 heterocycles. The SMILES string of the molecule is Cn1c(=O)c(C(=O)N/N=C/c2cccc(F)c2)c(O)c2ccccc21. The molecule has 6 nitrogen and oxygen atoms in total. The molecule has 0 saturated carbocycles. The van der Waals surface area contributed by atoms with Crippen LogP contribution in [0.2, 0.25) is 0 Å². The van der Waals surface area contributed by atoms with Crippen LogP contribution in [-0.4, -0.2) is 21.8 Å². The zero-order valence-electron chi connectivity index (χ0n) is 13.2. The number of hydrogen-bond donors (Lipinski definition) is 2. The van der Waals surface area contributed by atoms with Crippen molar-refractivity contribution in [2.75, 3.05) is 0 Å². The van der Waals surface area contributed by atoms with Gasteiger partial charge in [-0.1, -0.05) is 24.3 Å². The van der Waals surface area contributed by atoms with Crippen LogP contribution in [0.15, 0.2) is 58.4 Å². The third-order valence-corrected chi connectivity index (χ3v) is 3.73. The highest BCUT2D eigenvalue weighted by Crippen LogP contribution is 2.25. The summed E-state index contributed by atoms with van der Waals surface area (Å²) in [4.78, 5) is 24.6. The summed E-state index contributed by atoms with van der Waals surface area (Å²) < 4.78 is 14.4. The number of aromatic nitrogens is 1. The summed E-state index contributed by atoms with van der Waals surface area (Å²) in [6.45, 7) is 0. The van der Waals surface area contributed by atoms with E-state index in [1.807, 2.05) is 0 Å². The molecule has 0 bridgehead atoms. The van der Waals surface area contributed by atoms with Gasteiger partial charge in [-0.3, -0.25) is 9.59 Å². The molecule has 0 saturated heterocycles. The van der Waals surface area contributed by atoms with Crippen LogP contribution in [0.1, 0.15) is 15.9 Å². The Bertz CT molecular complexity index is 1060. The minimum absolute atomic E-state index is 0.379. The molecule has 126 valence electrons. The molecule has 0 spiro atoms. The normalized spacial score (nSPS) is 11.1. The van der Waals surface area contributed by atoms with Gasteiger partial charge in [0.15, 0.2) is 0 Å². The number of amides is 1. The third-order valence-electron chi connectivity index (χ3n) is 3.73. The van der Waals surface area contributed by atoms with Gasteiger partial charge in [-0.2, -0.15) is 5.10 Å². The number of nitrogens with one attached hydrogen (secondary N) is 1. The number of benzene rings is 2. The minimum atomic E-state index is -0.850. The number of nitrogens with zero attached hydrogens (tertiary/aromatic N) is 2. The van der Waals surface area contributed by atoms with Gasteiger partial charge in [-0.05, 0) is 29.8 Å². The largest absolute Gasteiger partial charge is 0.506 e.